The van der Waals surface area contributed by atoms with Gasteiger partial charge in [-0.2, -0.15) is 0 Å². The van der Waals surface area contributed by atoms with Gasteiger partial charge in [0.25, 0.3) is 5.85 Å². The monoisotopic (exact) mass is 439 g/mol. The smallest absolute Gasteiger partial charge is 0.257 e. The van der Waals surface area contributed by atoms with Crippen LogP contribution >= 0.6 is 0 Å². The molecule has 12 heteroatoms. The summed E-state index contributed by atoms with van der Waals surface area (Å²) in [6, 6.07) is 7.53. The Balaban J connectivity index is 1.55. The Morgan fingerprint density at radius 2 is 2.09 bits per heavy atom. The minimum Gasteiger partial charge on any atom is -0.394 e. The number of fused-ring (bicyclic) bond motifs is 2. The molecule has 4 atom stereocenters. The molecule has 4 aromatic rings. The normalized spacial score (nSPS) is 25.5. The number of nitrogens with zero attached hydrogens (tertiary/aromatic N) is 4. The zero-order valence-corrected chi connectivity index (χ0v) is 16.7. The van der Waals surface area contributed by atoms with Gasteiger partial charge >= 0.3 is 0 Å². The van der Waals surface area contributed by atoms with Crippen LogP contribution in [0.3, 0.4) is 0 Å². The van der Waals surface area contributed by atoms with E-state index in [0.717, 1.165) is 16.5 Å². The van der Waals surface area contributed by atoms with E-state index in [2.05, 4.69) is 25.3 Å². The van der Waals surface area contributed by atoms with E-state index in [-0.39, 0.29) is 23.4 Å². The summed E-state index contributed by atoms with van der Waals surface area (Å²) in [7, 11) is 0. The molecule has 32 heavy (non-hydrogen) atoms. The lowest BCUT2D eigenvalue weighted by atomic mass is 10.1. The minimum absolute atomic E-state index is 0.0362. The van der Waals surface area contributed by atoms with E-state index in [1.807, 2.05) is 24.3 Å². The molecule has 166 valence electrons. The first-order chi connectivity index (χ1) is 15.4. The van der Waals surface area contributed by atoms with Crippen molar-refractivity contribution in [2.45, 2.75) is 30.6 Å². The molecule has 1 aromatic carbocycles. The van der Waals surface area contributed by atoms with E-state index < -0.39 is 36.7 Å². The van der Waals surface area contributed by atoms with Gasteiger partial charge in [0.05, 0.1) is 13.0 Å². The van der Waals surface area contributed by atoms with Gasteiger partial charge in [0.1, 0.15) is 30.4 Å². The summed E-state index contributed by atoms with van der Waals surface area (Å²) >= 11 is 0. The van der Waals surface area contributed by atoms with Crippen LogP contribution in [-0.4, -0.2) is 70.6 Å². The molecule has 0 spiro atoms. The number of anilines is 1. The van der Waals surface area contributed by atoms with Crippen molar-refractivity contribution >= 4 is 33.8 Å². The zero-order valence-electron chi connectivity index (χ0n) is 16.7. The molecule has 5 rings (SSSR count). The first-order valence-electron chi connectivity index (χ1n) is 9.89. The number of rotatable bonds is 5. The Kier molecular flexibility index (Phi) is 4.78. The summed E-state index contributed by atoms with van der Waals surface area (Å²) in [4.78, 5) is 28.4. The number of hydrogen-bond acceptors (Lipinski definition) is 9. The largest absolute Gasteiger partial charge is 0.394 e. The highest BCUT2D eigenvalue weighted by molar-refractivity contribution is 5.89. The van der Waals surface area contributed by atoms with Gasteiger partial charge in [-0.1, -0.05) is 18.2 Å². The topological polar surface area (TPSA) is 184 Å². The molecule has 1 aliphatic heterocycles. The predicted octanol–water partition coefficient (Wildman–Crippen LogP) is -1.03. The summed E-state index contributed by atoms with van der Waals surface area (Å²) in [5.74, 6) is -2.38. The van der Waals surface area contributed by atoms with Gasteiger partial charge in [-0.25, -0.2) is 15.0 Å². The van der Waals surface area contributed by atoms with Crippen molar-refractivity contribution in [3.8, 4) is 0 Å². The number of amides is 1. The third-order valence-corrected chi connectivity index (χ3v) is 5.68. The molecular weight excluding hydrogens is 418 g/mol. The van der Waals surface area contributed by atoms with Crippen LogP contribution in [0, 0.1) is 0 Å². The van der Waals surface area contributed by atoms with Gasteiger partial charge in [-0.3, -0.25) is 9.36 Å². The van der Waals surface area contributed by atoms with Crippen LogP contribution in [0.15, 0.2) is 43.1 Å². The molecule has 1 saturated heterocycles. The van der Waals surface area contributed by atoms with E-state index in [1.165, 1.54) is 17.2 Å². The number of hydrogen-bond donors (Lipinski definition) is 6. The Morgan fingerprint density at radius 3 is 2.88 bits per heavy atom. The average molecular weight is 439 g/mol. The van der Waals surface area contributed by atoms with E-state index in [1.54, 1.807) is 6.20 Å². The Labute approximate surface area is 180 Å². The van der Waals surface area contributed by atoms with Crippen LogP contribution in [0.5, 0.6) is 0 Å². The summed E-state index contributed by atoms with van der Waals surface area (Å²) in [5.41, 5.74) is 7.89. The number of aromatic nitrogens is 5. The Hall–Kier alpha value is -3.58. The van der Waals surface area contributed by atoms with Gasteiger partial charge < -0.3 is 36.1 Å². The maximum atomic E-state index is 13.1. The number of ether oxygens (including phenoxy) is 1. The van der Waals surface area contributed by atoms with Crippen LogP contribution in [0.25, 0.3) is 22.1 Å². The Morgan fingerprint density at radius 1 is 1.28 bits per heavy atom. The van der Waals surface area contributed by atoms with Gasteiger partial charge in [0.2, 0.25) is 5.91 Å². The number of H-pyrrole nitrogens is 1. The molecule has 7 N–H and O–H groups in total. The number of carbonyl (C=O) groups excluding carboxylic acids is 1. The van der Waals surface area contributed by atoms with Gasteiger partial charge in [0.15, 0.2) is 17.6 Å². The highest BCUT2D eigenvalue weighted by Gasteiger charge is 2.57. The van der Waals surface area contributed by atoms with Crippen molar-refractivity contribution in [1.82, 2.24) is 29.8 Å². The average Bonchev–Trinajstić information content (AvgIpc) is 3.47. The molecule has 0 bridgehead atoms. The van der Waals surface area contributed by atoms with Crippen LogP contribution in [0.1, 0.15) is 5.56 Å². The zero-order chi connectivity index (χ0) is 22.5. The van der Waals surface area contributed by atoms with Crippen molar-refractivity contribution in [2.24, 2.45) is 0 Å². The third kappa shape index (κ3) is 3.00. The van der Waals surface area contributed by atoms with E-state index in [9.17, 15) is 20.1 Å². The van der Waals surface area contributed by atoms with E-state index in [4.69, 9.17) is 10.5 Å². The third-order valence-electron chi connectivity index (χ3n) is 5.68. The SMILES string of the molecule is Nc1ncnc2c1ncn2[C@]1(NC(=O)Cc2c[nH]c3ccccc23)O[C@H](CO)[C@@H](O)[C@H]1O. The molecule has 1 aliphatic rings. The van der Waals surface area contributed by atoms with E-state index in [0.29, 0.717) is 0 Å². The Bertz CT molecular complexity index is 1300. The van der Waals surface area contributed by atoms with Gasteiger partial charge in [-0.05, 0) is 11.6 Å². The van der Waals surface area contributed by atoms with Crippen LogP contribution in [0.2, 0.25) is 0 Å². The van der Waals surface area contributed by atoms with Crippen molar-refractivity contribution < 1.29 is 24.9 Å². The molecule has 1 fully saturated rings. The number of aliphatic hydroxyl groups is 3. The number of aliphatic hydroxyl groups excluding tert-OH is 3. The van der Waals surface area contributed by atoms with Crippen LogP contribution < -0.4 is 11.1 Å². The summed E-state index contributed by atoms with van der Waals surface area (Å²) in [5, 5.41) is 34.6. The first-order valence-corrected chi connectivity index (χ1v) is 9.89. The standard InChI is InChI=1S/C20H21N7O5/c21-18-15-19(24-8-23-18)27(9-25-15)20(17(31)16(30)13(7-28)32-20)26-14(29)5-10-6-22-12-4-2-1-3-11(10)12/h1-4,6,8-9,13,16-17,22,28,30-31H,5,7H2,(H,26,29)(H2,21,23,24)/t13-,16-,17-,20+/m1/s1. The number of benzene rings is 1. The molecule has 0 unspecified atom stereocenters. The fourth-order valence-corrected chi connectivity index (χ4v) is 4.10. The first kappa shape index (κ1) is 20.3. The van der Waals surface area contributed by atoms with Gasteiger partial charge in [0, 0.05) is 17.1 Å². The predicted molar refractivity (Wildman–Crippen MR) is 112 cm³/mol. The second kappa shape index (κ2) is 7.53. The van der Waals surface area contributed by atoms with E-state index >= 15 is 0 Å². The maximum absolute atomic E-state index is 13.1. The number of imidazole rings is 1. The number of nitrogens with two attached hydrogens (primary N) is 1. The molecule has 0 saturated carbocycles. The van der Waals surface area contributed by atoms with Crippen LogP contribution in [0.4, 0.5) is 5.82 Å². The van der Waals surface area contributed by atoms with Crippen molar-refractivity contribution in [2.75, 3.05) is 12.3 Å². The summed E-state index contributed by atoms with van der Waals surface area (Å²) in [6.45, 7) is -0.581. The van der Waals surface area contributed by atoms with Crippen molar-refractivity contribution in [1.29, 1.82) is 0 Å². The number of carbonyl (C=O) groups is 1. The molecule has 4 heterocycles. The highest BCUT2D eigenvalue weighted by Crippen LogP contribution is 2.36. The lowest BCUT2D eigenvalue weighted by Crippen LogP contribution is -2.58. The highest BCUT2D eigenvalue weighted by atomic mass is 16.6. The molecule has 0 aliphatic carbocycles. The maximum Gasteiger partial charge on any atom is 0.257 e. The van der Waals surface area contributed by atoms with Gasteiger partial charge in [-0.15, -0.1) is 0 Å². The molecule has 3 aromatic heterocycles. The number of nitrogens with one attached hydrogen (secondary N) is 2. The lowest BCUT2D eigenvalue weighted by Gasteiger charge is -2.34. The second-order valence-electron chi connectivity index (χ2n) is 7.60. The van der Waals surface area contributed by atoms with Crippen molar-refractivity contribution in [3.63, 3.8) is 0 Å². The van der Waals surface area contributed by atoms with Crippen LogP contribution in [-0.2, 0) is 21.8 Å². The second-order valence-corrected chi connectivity index (χ2v) is 7.60. The molecule has 0 radical (unpaired) electrons. The molecular formula is C20H21N7O5. The molecule has 12 nitrogen and oxygen atoms in total. The minimum atomic E-state index is -1.98. The summed E-state index contributed by atoms with van der Waals surface area (Å²) in [6.07, 6.45) is -0.101. The molecule has 1 amide bonds. The number of nitrogen functional groups attached to an aromatic ring is 1. The lowest BCUT2D eigenvalue weighted by molar-refractivity contribution is -0.176. The van der Waals surface area contributed by atoms with Crippen molar-refractivity contribution in [3.05, 3.63) is 48.7 Å². The fraction of sp³-hybridized carbons (Fsp3) is 0.300. The fourth-order valence-electron chi connectivity index (χ4n) is 4.10. The number of aromatic amines is 1. The number of para-hydroxylation sites is 1. The summed E-state index contributed by atoms with van der Waals surface area (Å²) < 4.78 is 7.10. The quantitative estimate of drug-likeness (QED) is 0.226.